The van der Waals surface area contributed by atoms with Crippen molar-refractivity contribution in [3.63, 3.8) is 0 Å². The van der Waals surface area contributed by atoms with E-state index in [1.807, 2.05) is 13.8 Å². The number of hydrogen-bond acceptors (Lipinski definition) is 2. The first-order valence-electron chi connectivity index (χ1n) is 7.39. The van der Waals surface area contributed by atoms with Crippen LogP contribution >= 0.6 is 0 Å². The summed E-state index contributed by atoms with van der Waals surface area (Å²) in [5, 5.41) is 12.2. The lowest BCUT2D eigenvalue weighted by molar-refractivity contribution is -0.140. The van der Waals surface area contributed by atoms with E-state index in [0.717, 1.165) is 19.3 Å². The van der Waals surface area contributed by atoms with Gasteiger partial charge in [-0.1, -0.05) is 40.0 Å². The van der Waals surface area contributed by atoms with Crippen LogP contribution in [-0.4, -0.2) is 23.0 Å². The van der Waals surface area contributed by atoms with Crippen LogP contribution in [0.5, 0.6) is 0 Å². The van der Waals surface area contributed by atoms with Gasteiger partial charge < -0.3 is 10.4 Å². The predicted molar refractivity (Wildman–Crippen MR) is 72.6 cm³/mol. The monoisotopic (exact) mass is 267 g/mol. The van der Waals surface area contributed by atoms with E-state index in [-0.39, 0.29) is 17.9 Å². The molecule has 0 aromatic rings. The van der Waals surface area contributed by atoms with Gasteiger partial charge in [-0.15, -0.1) is 0 Å². The van der Waals surface area contributed by atoms with Crippen LogP contribution in [0.1, 0.15) is 52.9 Å². The maximum atomic E-state index is 12.3. The number of rotatable bonds is 3. The van der Waals surface area contributed by atoms with Crippen molar-refractivity contribution in [2.24, 2.45) is 23.2 Å². The minimum absolute atomic E-state index is 0.0591. The van der Waals surface area contributed by atoms with Crippen molar-refractivity contribution in [3.8, 4) is 0 Å². The zero-order valence-corrected chi connectivity index (χ0v) is 12.1. The summed E-state index contributed by atoms with van der Waals surface area (Å²) in [4.78, 5) is 23.4. The maximum Gasteiger partial charge on any atom is 0.307 e. The predicted octanol–water partition coefficient (Wildman–Crippen LogP) is 2.43. The lowest BCUT2D eigenvalue weighted by Crippen LogP contribution is -2.40. The van der Waals surface area contributed by atoms with Gasteiger partial charge in [0.15, 0.2) is 0 Å². The quantitative estimate of drug-likeness (QED) is 0.772. The molecule has 2 fully saturated rings. The molecule has 4 heteroatoms. The van der Waals surface area contributed by atoms with Crippen LogP contribution in [0.3, 0.4) is 0 Å². The van der Waals surface area contributed by atoms with Crippen molar-refractivity contribution in [2.45, 2.75) is 58.9 Å². The van der Waals surface area contributed by atoms with Gasteiger partial charge in [0.25, 0.3) is 0 Å². The molecule has 0 saturated heterocycles. The molecule has 2 rings (SSSR count). The molecule has 0 aliphatic heterocycles. The van der Waals surface area contributed by atoms with E-state index >= 15 is 0 Å². The van der Waals surface area contributed by atoms with Gasteiger partial charge in [-0.25, -0.2) is 0 Å². The summed E-state index contributed by atoms with van der Waals surface area (Å²) in [6.45, 7) is 5.92. The van der Waals surface area contributed by atoms with Crippen LogP contribution in [-0.2, 0) is 9.59 Å². The minimum atomic E-state index is -0.848. The molecule has 19 heavy (non-hydrogen) atoms. The van der Waals surface area contributed by atoms with Gasteiger partial charge in [-0.05, 0) is 24.2 Å². The second-order valence-corrected chi connectivity index (χ2v) is 6.85. The first kappa shape index (κ1) is 14.4. The van der Waals surface area contributed by atoms with Crippen molar-refractivity contribution >= 4 is 11.9 Å². The van der Waals surface area contributed by atoms with Crippen molar-refractivity contribution in [1.29, 1.82) is 0 Å². The summed E-state index contributed by atoms with van der Waals surface area (Å²) < 4.78 is 0. The van der Waals surface area contributed by atoms with Crippen molar-refractivity contribution < 1.29 is 14.7 Å². The lowest BCUT2D eigenvalue weighted by atomic mass is 9.96. The molecule has 0 aromatic carbocycles. The van der Waals surface area contributed by atoms with Crippen LogP contribution in [0.15, 0.2) is 0 Å². The molecule has 0 radical (unpaired) electrons. The molecule has 2 N–H and O–H groups in total. The van der Waals surface area contributed by atoms with Crippen LogP contribution in [0.4, 0.5) is 0 Å². The zero-order valence-electron chi connectivity index (χ0n) is 12.1. The summed E-state index contributed by atoms with van der Waals surface area (Å²) in [7, 11) is 0. The molecule has 1 amide bonds. The molecule has 4 unspecified atom stereocenters. The Morgan fingerprint density at radius 1 is 1.11 bits per heavy atom. The largest absolute Gasteiger partial charge is 0.481 e. The molecule has 0 spiro atoms. The SMILES string of the molecule is CC1CCCCCC1NC(=O)C1C(C(=O)O)C1(C)C. The number of hydrogen-bond donors (Lipinski definition) is 2. The number of carbonyl (C=O) groups excluding carboxylic acids is 1. The van der Waals surface area contributed by atoms with Crippen LogP contribution in [0, 0.1) is 23.2 Å². The van der Waals surface area contributed by atoms with Gasteiger partial charge in [-0.2, -0.15) is 0 Å². The molecule has 0 heterocycles. The van der Waals surface area contributed by atoms with Crippen LogP contribution < -0.4 is 5.32 Å². The van der Waals surface area contributed by atoms with E-state index in [1.54, 1.807) is 0 Å². The van der Waals surface area contributed by atoms with Gasteiger partial charge in [0.2, 0.25) is 5.91 Å². The Bertz CT molecular complexity index is 378. The minimum Gasteiger partial charge on any atom is -0.481 e. The van der Waals surface area contributed by atoms with Crippen molar-refractivity contribution in [3.05, 3.63) is 0 Å². The highest BCUT2D eigenvalue weighted by atomic mass is 16.4. The van der Waals surface area contributed by atoms with E-state index in [9.17, 15) is 9.59 Å². The van der Waals surface area contributed by atoms with Gasteiger partial charge >= 0.3 is 5.97 Å². The Labute approximate surface area is 115 Å². The maximum absolute atomic E-state index is 12.3. The third kappa shape index (κ3) is 2.77. The molecule has 2 aliphatic rings. The van der Waals surface area contributed by atoms with E-state index < -0.39 is 17.3 Å². The summed E-state index contributed by atoms with van der Waals surface area (Å²) in [5.41, 5.74) is -0.399. The standard InChI is InChI=1S/C15H25NO3/c1-9-7-5-4-6-8-10(9)16-13(17)11-12(14(18)19)15(11,2)3/h9-12H,4-8H2,1-3H3,(H,16,17)(H,18,19). The molecule has 0 aromatic heterocycles. The lowest BCUT2D eigenvalue weighted by Gasteiger charge is -2.23. The third-order valence-electron chi connectivity index (χ3n) is 5.07. The van der Waals surface area contributed by atoms with E-state index in [1.165, 1.54) is 12.8 Å². The second kappa shape index (κ2) is 5.14. The summed E-state index contributed by atoms with van der Waals surface area (Å²) in [6, 6.07) is 0.223. The Morgan fingerprint density at radius 3 is 2.32 bits per heavy atom. The normalized spacial score (nSPS) is 37.2. The Balaban J connectivity index is 1.96. The third-order valence-corrected chi connectivity index (χ3v) is 5.07. The van der Waals surface area contributed by atoms with E-state index in [4.69, 9.17) is 5.11 Å². The molecule has 4 atom stereocenters. The smallest absolute Gasteiger partial charge is 0.307 e. The molecule has 4 nitrogen and oxygen atoms in total. The first-order valence-corrected chi connectivity index (χ1v) is 7.39. The number of carboxylic acids is 1. The highest BCUT2D eigenvalue weighted by Gasteiger charge is 2.66. The fourth-order valence-electron chi connectivity index (χ4n) is 3.57. The Hall–Kier alpha value is -1.06. The number of carboxylic acid groups (broad SMARTS) is 1. The Morgan fingerprint density at radius 2 is 1.74 bits per heavy atom. The highest BCUT2D eigenvalue weighted by molar-refractivity contribution is 5.91. The van der Waals surface area contributed by atoms with E-state index in [0.29, 0.717) is 5.92 Å². The summed E-state index contributed by atoms with van der Waals surface area (Å²) >= 11 is 0. The van der Waals surface area contributed by atoms with Crippen molar-refractivity contribution in [2.75, 3.05) is 0 Å². The molecular weight excluding hydrogens is 242 g/mol. The summed E-state index contributed by atoms with van der Waals surface area (Å²) in [6.07, 6.45) is 5.81. The zero-order chi connectivity index (χ0) is 14.2. The Kier molecular flexibility index (Phi) is 3.88. The number of nitrogens with one attached hydrogen (secondary N) is 1. The summed E-state index contributed by atoms with van der Waals surface area (Å²) in [5.74, 6) is -1.29. The van der Waals surface area contributed by atoms with Gasteiger partial charge in [0, 0.05) is 6.04 Å². The average Bonchev–Trinajstić information content (AvgIpc) is 2.94. The van der Waals surface area contributed by atoms with Gasteiger partial charge in [-0.3, -0.25) is 9.59 Å². The fraction of sp³-hybridized carbons (Fsp3) is 0.867. The molecule has 108 valence electrons. The highest BCUT2D eigenvalue weighted by Crippen LogP contribution is 2.58. The number of aliphatic carboxylic acids is 1. The number of amides is 1. The molecule has 2 saturated carbocycles. The van der Waals surface area contributed by atoms with Gasteiger partial charge in [0.05, 0.1) is 11.8 Å². The second-order valence-electron chi connectivity index (χ2n) is 6.85. The van der Waals surface area contributed by atoms with Crippen LogP contribution in [0.2, 0.25) is 0 Å². The topological polar surface area (TPSA) is 66.4 Å². The number of carbonyl (C=O) groups is 2. The van der Waals surface area contributed by atoms with Crippen LogP contribution in [0.25, 0.3) is 0 Å². The molecular formula is C15H25NO3. The van der Waals surface area contributed by atoms with Crippen molar-refractivity contribution in [1.82, 2.24) is 5.32 Å². The first-order chi connectivity index (χ1) is 8.85. The fourth-order valence-corrected chi connectivity index (χ4v) is 3.57. The van der Waals surface area contributed by atoms with E-state index in [2.05, 4.69) is 12.2 Å². The van der Waals surface area contributed by atoms with Gasteiger partial charge in [0.1, 0.15) is 0 Å². The average molecular weight is 267 g/mol. The molecule has 2 aliphatic carbocycles. The molecule has 0 bridgehead atoms.